The Kier molecular flexibility index (Phi) is 12.2. The van der Waals surface area contributed by atoms with Crippen molar-refractivity contribution in [2.45, 2.75) is 92.2 Å². The van der Waals surface area contributed by atoms with Crippen molar-refractivity contribution in [1.82, 2.24) is 69.2 Å². The van der Waals surface area contributed by atoms with Gasteiger partial charge >= 0.3 is 29.6 Å². The molecule has 0 fully saturated rings. The van der Waals surface area contributed by atoms with Crippen LogP contribution < -0.4 is 34.3 Å². The Balaban J connectivity index is 0.000000333. The first-order chi connectivity index (χ1) is 34.6. The van der Waals surface area contributed by atoms with Gasteiger partial charge in [-0.25, -0.2) is 28.1 Å². The molecule has 1 N–H and O–H groups in total. The fourth-order valence-electron chi connectivity index (χ4n) is 5.39. The van der Waals surface area contributed by atoms with Gasteiger partial charge < -0.3 is 11.3 Å². The molecule has 328 valence electrons. The van der Waals surface area contributed by atoms with E-state index in [0.29, 0.717) is 15.9 Å². The summed E-state index contributed by atoms with van der Waals surface area (Å²) in [4.78, 5) is 7.56. The smallest absolute Gasteiger partial charge is 1.00 e. The Morgan fingerprint density at radius 1 is 0.810 bits per heavy atom. The van der Waals surface area contributed by atoms with E-state index in [1.54, 1.807) is 45.2 Å². The molecule has 8 rings (SSSR count). The Bertz CT molecular complexity index is 3280. The van der Waals surface area contributed by atoms with E-state index >= 15 is 0 Å². The summed E-state index contributed by atoms with van der Waals surface area (Å²) in [5.74, 6) is -0.947. The molecule has 0 saturated carbocycles. The fourth-order valence-corrected chi connectivity index (χ4v) is 5.76. The molecule has 0 saturated heterocycles. The second kappa shape index (κ2) is 22.4. The number of nitrogens with zero attached hydrogens (tertiary/aromatic N) is 15. The molecule has 0 bridgehead atoms. The molecule has 6 aromatic heterocycles. The Labute approximate surface area is 412 Å². The van der Waals surface area contributed by atoms with E-state index in [4.69, 9.17) is 39.3 Å². The van der Waals surface area contributed by atoms with Crippen LogP contribution in [0.15, 0.2) is 78.1 Å². The summed E-state index contributed by atoms with van der Waals surface area (Å²) in [6.07, 6.45) is 2.19. The maximum absolute atomic E-state index is 14.5. The third-order valence-electron chi connectivity index (χ3n) is 8.32. The summed E-state index contributed by atoms with van der Waals surface area (Å²) in [6, 6.07) is 14.9. The molecule has 0 aliphatic carbocycles. The van der Waals surface area contributed by atoms with Crippen LogP contribution in [0.2, 0.25) is 5.15 Å². The monoisotopic (exact) mass is 924 g/mol. The molecule has 22 heteroatoms. The molecule has 0 aliphatic rings. The zero-order chi connectivity index (χ0) is 56.3. The van der Waals surface area contributed by atoms with E-state index < -0.39 is 62.6 Å². The Morgan fingerprint density at radius 3 is 1.79 bits per heavy atom. The number of benzene rings is 2. The van der Waals surface area contributed by atoms with Crippen molar-refractivity contribution in [1.29, 1.82) is 0 Å². The van der Waals surface area contributed by atoms with E-state index in [-0.39, 0.29) is 94.3 Å². The largest absolute Gasteiger partial charge is 1.00 e. The van der Waals surface area contributed by atoms with Gasteiger partial charge in [-0.1, -0.05) is 77.3 Å². The van der Waals surface area contributed by atoms with Crippen LogP contribution >= 0.6 is 20.6 Å². The first-order valence-corrected chi connectivity index (χ1v) is 18.9. The molecule has 0 atom stereocenters. The van der Waals surface area contributed by atoms with Crippen LogP contribution in [0.25, 0.3) is 34.1 Å². The summed E-state index contributed by atoms with van der Waals surface area (Å²) in [6.45, 7) is -5.73. The van der Waals surface area contributed by atoms with Crippen molar-refractivity contribution < 1.29 is 67.4 Å². The maximum Gasteiger partial charge on any atom is 1.00 e. The van der Waals surface area contributed by atoms with E-state index in [2.05, 4.69) is 64.5 Å². The number of hydrogen-bond acceptors (Lipinski definition) is 13. The van der Waals surface area contributed by atoms with Gasteiger partial charge in [-0.3, -0.25) is 4.74 Å². The minimum atomic E-state index is -3.06. The molecular weight excluding hydrogens is 862 g/mol. The minimum absolute atomic E-state index is 0. The van der Waals surface area contributed by atoms with Crippen LogP contribution in [0.1, 0.15) is 97.2 Å². The number of aliphatic hydroxyl groups is 1. The van der Waals surface area contributed by atoms with E-state index in [0.717, 1.165) is 11.0 Å². The van der Waals surface area contributed by atoms with Crippen molar-refractivity contribution in [2.24, 2.45) is 4.74 Å². The molecule has 63 heavy (non-hydrogen) atoms. The normalized spacial score (nSPS) is 15.2. The van der Waals surface area contributed by atoms with E-state index in [1.807, 2.05) is 0 Å². The first kappa shape index (κ1) is 34.3. The van der Waals surface area contributed by atoms with Crippen molar-refractivity contribution in [3.8, 4) is 28.7 Å². The topological polar surface area (TPSA) is 189 Å². The van der Waals surface area contributed by atoms with Crippen molar-refractivity contribution in [3.63, 3.8) is 0 Å². The molecular formula is C41H50ClF2N15NaO2P. The molecule has 6 heterocycles. The molecule has 0 spiro atoms. The zero-order valence-electron chi connectivity index (χ0n) is 49.0. The van der Waals surface area contributed by atoms with Crippen LogP contribution in [0.3, 0.4) is 0 Å². The molecule has 2 aromatic carbocycles. The number of aliphatic hydroxyl groups excluding tert-OH is 1. The summed E-state index contributed by atoms with van der Waals surface area (Å²) in [5, 5.41) is 40.5. The van der Waals surface area contributed by atoms with Gasteiger partial charge in [-0.2, -0.15) is 24.3 Å². The third-order valence-corrected chi connectivity index (χ3v) is 8.60. The Morgan fingerprint density at radius 2 is 1.30 bits per heavy atom. The average Bonchev–Trinajstić information content (AvgIpc) is 4.14. The van der Waals surface area contributed by atoms with Gasteiger partial charge in [0.1, 0.15) is 37.5 Å². The fraction of sp³-hybridized carbons (Fsp3) is 0.366. The second-order valence-corrected chi connectivity index (χ2v) is 14.5. The number of hydrogen-bond donors (Lipinski definition) is 1. The van der Waals surface area contributed by atoms with Crippen LogP contribution in [-0.4, -0.2) is 81.3 Å². The quantitative estimate of drug-likeness (QED) is 0.156. The SMILES string of the molecule is CN=P.[2H]C([2H])(C)n1ncnc1CO.[2H]C([2H])([2H])C(C)(C)c1cc2nnc(-c3ccccc3F)n2nc1Cl.[2H]C([2H])([2H])C(C)(C)c1cc2nnc(-c3ccccc3F)n2nc1OCc1ncnn1C([2H])([2H])C([2H])([2H])[2H].[H-].[Na+]. The maximum atomic E-state index is 14.5. The first-order valence-electron chi connectivity index (χ1n) is 24.6. The zero-order valence-corrected chi connectivity index (χ0v) is 38.8. The van der Waals surface area contributed by atoms with E-state index in [1.165, 1.54) is 72.5 Å². The average molecular weight is 925 g/mol. The standard InChI is InChI=1S/C20H22FN7O.C15H14ClFN4.C5H9N3O.CH4NP.Na.H/c1-5-27-17(22-12-23-27)11-29-19-14(20(2,3)4)10-16-24-25-18(28(16)26-19)13-8-6-7-9-15(13)21;1-15(2,3)10-8-12-18-19-14(21(12)20-13(10)16)9-6-4-5-7-11(9)17;1-2-8-5(3-9)6-4-7-8;1-2-3;;/h6-10,12H,5,11H2,1-4H3;4-8H,1-3H3;4,9H,2-3H2,1H3;3H,1H3;;/q;;;;+1;-1/i1D3,2D3,5D2;1D3;2D2;;;. The number of aromatic nitrogens is 14. The predicted molar refractivity (Wildman–Crippen MR) is 234 cm³/mol. The number of fused-ring (bicyclic) bond motifs is 2. The summed E-state index contributed by atoms with van der Waals surface area (Å²) in [5.41, 5.74) is -1.49. The van der Waals surface area contributed by atoms with Gasteiger partial charge in [0.05, 0.1) is 16.6 Å². The van der Waals surface area contributed by atoms with Gasteiger partial charge in [0.2, 0.25) is 5.88 Å². The van der Waals surface area contributed by atoms with Gasteiger partial charge in [-0.15, -0.1) is 25.5 Å². The van der Waals surface area contributed by atoms with Crippen LogP contribution in [-0.2, 0) is 37.0 Å². The molecule has 0 radical (unpaired) electrons. The van der Waals surface area contributed by atoms with Gasteiger partial charge in [0.15, 0.2) is 39.7 Å². The van der Waals surface area contributed by atoms with Crippen molar-refractivity contribution in [2.75, 3.05) is 7.05 Å². The number of aryl methyl sites for hydroxylation is 2. The van der Waals surface area contributed by atoms with Gasteiger partial charge in [-0.05, 0) is 70.0 Å². The number of rotatable bonds is 8. The summed E-state index contributed by atoms with van der Waals surface area (Å²) in [7, 11) is 4.47. The minimum Gasteiger partial charge on any atom is -1.00 e. The molecule has 8 aromatic rings. The van der Waals surface area contributed by atoms with Crippen LogP contribution in [0.4, 0.5) is 8.78 Å². The Hall–Kier alpha value is -5.17. The van der Waals surface area contributed by atoms with Crippen molar-refractivity contribution in [3.05, 3.63) is 113 Å². The number of ether oxygens (including phenoxy) is 1. The molecule has 0 aliphatic heterocycles. The van der Waals surface area contributed by atoms with Crippen molar-refractivity contribution >= 4 is 31.9 Å². The number of halogens is 3. The summed E-state index contributed by atoms with van der Waals surface area (Å²) >= 11 is 6.22. The second-order valence-electron chi connectivity index (χ2n) is 13.7. The van der Waals surface area contributed by atoms with Gasteiger partial charge in [0.25, 0.3) is 0 Å². The summed E-state index contributed by atoms with van der Waals surface area (Å²) < 4.78 is 142. The van der Waals surface area contributed by atoms with Crippen LogP contribution in [0.5, 0.6) is 5.88 Å². The molecule has 17 nitrogen and oxygen atoms in total. The van der Waals surface area contributed by atoms with Gasteiger partial charge in [0, 0.05) is 43.5 Å². The molecule has 0 unspecified atom stereocenters. The van der Waals surface area contributed by atoms with E-state index in [9.17, 15) is 8.78 Å². The predicted octanol–water partition coefficient (Wildman–Crippen LogP) is 5.15. The third kappa shape index (κ3) is 12.3. The molecule has 0 amide bonds. The van der Waals surface area contributed by atoms with Crippen LogP contribution in [0, 0.1) is 11.6 Å².